The maximum Gasteiger partial charge on any atom is 0.256 e. The van der Waals surface area contributed by atoms with Crippen LogP contribution in [0.3, 0.4) is 0 Å². The highest BCUT2D eigenvalue weighted by molar-refractivity contribution is 6.02. The first kappa shape index (κ1) is 18.2. The highest BCUT2D eigenvalue weighted by Gasteiger charge is 2.32. The van der Waals surface area contributed by atoms with Crippen molar-refractivity contribution in [3.63, 3.8) is 0 Å². The zero-order valence-corrected chi connectivity index (χ0v) is 15.9. The normalized spacial score (nSPS) is 19.7. The molecule has 0 radical (unpaired) electrons. The SMILES string of the molecule is CC(N)NC(=O)c1cc2ccccc2nc1N1CC(NC2CCCCC2)C1. The van der Waals surface area contributed by atoms with E-state index in [1.165, 1.54) is 32.1 Å². The van der Waals surface area contributed by atoms with E-state index in [2.05, 4.69) is 15.5 Å². The molecule has 27 heavy (non-hydrogen) atoms. The summed E-state index contributed by atoms with van der Waals surface area (Å²) < 4.78 is 0. The van der Waals surface area contributed by atoms with Gasteiger partial charge >= 0.3 is 0 Å². The summed E-state index contributed by atoms with van der Waals surface area (Å²) in [4.78, 5) is 19.7. The Morgan fingerprint density at radius 1 is 1.19 bits per heavy atom. The Kier molecular flexibility index (Phi) is 5.27. The smallest absolute Gasteiger partial charge is 0.256 e. The van der Waals surface area contributed by atoms with Crippen LogP contribution in [-0.2, 0) is 0 Å². The van der Waals surface area contributed by atoms with Crippen LogP contribution < -0.4 is 21.3 Å². The van der Waals surface area contributed by atoms with Crippen molar-refractivity contribution in [1.82, 2.24) is 15.6 Å². The first-order valence-corrected chi connectivity index (χ1v) is 10.1. The second-order valence-corrected chi connectivity index (χ2v) is 7.92. The third-order valence-corrected chi connectivity index (χ3v) is 5.56. The molecule has 1 aliphatic carbocycles. The van der Waals surface area contributed by atoms with Gasteiger partial charge in [0.05, 0.1) is 17.2 Å². The van der Waals surface area contributed by atoms with Gasteiger partial charge in [-0.05, 0) is 31.9 Å². The Balaban J connectivity index is 1.52. The quantitative estimate of drug-likeness (QED) is 0.707. The topological polar surface area (TPSA) is 83.3 Å². The average molecular weight is 367 g/mol. The summed E-state index contributed by atoms with van der Waals surface area (Å²) in [5.41, 5.74) is 7.28. The Morgan fingerprint density at radius 2 is 1.93 bits per heavy atom. The molecular weight excluding hydrogens is 338 g/mol. The monoisotopic (exact) mass is 367 g/mol. The number of pyridine rings is 1. The highest BCUT2D eigenvalue weighted by Crippen LogP contribution is 2.28. The van der Waals surface area contributed by atoms with Crippen molar-refractivity contribution in [3.05, 3.63) is 35.9 Å². The van der Waals surface area contributed by atoms with E-state index in [4.69, 9.17) is 10.7 Å². The van der Waals surface area contributed by atoms with E-state index in [0.717, 1.165) is 29.8 Å². The lowest BCUT2D eigenvalue weighted by atomic mass is 9.94. The molecule has 2 fully saturated rings. The molecule has 1 aromatic heterocycles. The molecule has 4 N–H and O–H groups in total. The predicted molar refractivity (Wildman–Crippen MR) is 109 cm³/mol. The number of rotatable bonds is 5. The number of nitrogens with two attached hydrogens (primary N) is 1. The summed E-state index contributed by atoms with van der Waals surface area (Å²) in [7, 11) is 0. The van der Waals surface area contributed by atoms with Crippen LogP contribution in [0.2, 0.25) is 0 Å². The van der Waals surface area contributed by atoms with E-state index >= 15 is 0 Å². The lowest BCUT2D eigenvalue weighted by Gasteiger charge is -2.43. The minimum absolute atomic E-state index is 0.165. The molecule has 2 aromatic rings. The summed E-state index contributed by atoms with van der Waals surface area (Å²) >= 11 is 0. The van der Waals surface area contributed by atoms with Crippen molar-refractivity contribution in [2.75, 3.05) is 18.0 Å². The standard InChI is InChI=1S/C21H29N5O/c1-14(22)23-21(27)18-11-15-7-5-6-10-19(15)25-20(18)26-12-17(13-26)24-16-8-3-2-4-9-16/h5-7,10-11,14,16-17,24H,2-4,8-9,12-13,22H2,1H3,(H,23,27). The number of amides is 1. The van der Waals surface area contributed by atoms with E-state index in [1.54, 1.807) is 6.92 Å². The minimum atomic E-state index is -0.395. The Bertz CT molecular complexity index is 809. The molecule has 1 unspecified atom stereocenters. The summed E-state index contributed by atoms with van der Waals surface area (Å²) in [6.45, 7) is 3.54. The predicted octanol–water partition coefficient (Wildman–Crippen LogP) is 2.38. The number of nitrogens with zero attached hydrogens (tertiary/aromatic N) is 2. The third-order valence-electron chi connectivity index (χ3n) is 5.56. The number of para-hydroxylation sites is 1. The summed E-state index contributed by atoms with van der Waals surface area (Å²) in [5, 5.41) is 7.55. The van der Waals surface area contributed by atoms with Gasteiger partial charge in [0.1, 0.15) is 5.82 Å². The van der Waals surface area contributed by atoms with E-state index < -0.39 is 6.17 Å². The number of carbonyl (C=O) groups is 1. The second-order valence-electron chi connectivity index (χ2n) is 7.92. The Labute approximate surface area is 160 Å². The number of anilines is 1. The summed E-state index contributed by atoms with van der Waals surface area (Å²) in [6, 6.07) is 11.0. The summed E-state index contributed by atoms with van der Waals surface area (Å²) in [6.07, 6.45) is 6.21. The molecule has 2 heterocycles. The molecule has 144 valence electrons. The number of aromatic nitrogens is 1. The lowest BCUT2D eigenvalue weighted by Crippen LogP contribution is -2.61. The van der Waals surface area contributed by atoms with Crippen molar-refractivity contribution in [2.24, 2.45) is 5.73 Å². The van der Waals surface area contributed by atoms with E-state index in [9.17, 15) is 4.79 Å². The van der Waals surface area contributed by atoms with Gasteiger partial charge in [-0.2, -0.15) is 0 Å². The van der Waals surface area contributed by atoms with Crippen LogP contribution in [0, 0.1) is 0 Å². The fraction of sp³-hybridized carbons (Fsp3) is 0.524. The van der Waals surface area contributed by atoms with Crippen molar-refractivity contribution in [2.45, 2.75) is 57.3 Å². The van der Waals surface area contributed by atoms with Crippen molar-refractivity contribution < 1.29 is 4.79 Å². The number of carbonyl (C=O) groups excluding carboxylic acids is 1. The number of hydrogen-bond donors (Lipinski definition) is 3. The molecule has 2 aliphatic rings. The van der Waals surface area contributed by atoms with E-state index in [1.807, 2.05) is 30.3 Å². The van der Waals surface area contributed by atoms with Crippen LogP contribution in [0.25, 0.3) is 10.9 Å². The van der Waals surface area contributed by atoms with Gasteiger partial charge in [0.2, 0.25) is 0 Å². The molecule has 6 heteroatoms. The van der Waals surface area contributed by atoms with Crippen LogP contribution >= 0.6 is 0 Å². The minimum Gasteiger partial charge on any atom is -0.353 e. The molecule has 1 aromatic carbocycles. The van der Waals surface area contributed by atoms with Crippen LogP contribution in [0.4, 0.5) is 5.82 Å². The maximum absolute atomic E-state index is 12.7. The van der Waals surface area contributed by atoms with Gasteiger partial charge in [0.15, 0.2) is 0 Å². The number of nitrogens with one attached hydrogen (secondary N) is 2. The van der Waals surface area contributed by atoms with Crippen molar-refractivity contribution in [3.8, 4) is 0 Å². The molecule has 4 rings (SSSR count). The lowest BCUT2D eigenvalue weighted by molar-refractivity contribution is 0.0941. The number of fused-ring (bicyclic) bond motifs is 1. The van der Waals surface area contributed by atoms with E-state index in [-0.39, 0.29) is 5.91 Å². The molecule has 0 bridgehead atoms. The van der Waals surface area contributed by atoms with Gasteiger partial charge in [-0.15, -0.1) is 0 Å². The highest BCUT2D eigenvalue weighted by atomic mass is 16.1. The molecule has 1 atom stereocenters. The summed E-state index contributed by atoms with van der Waals surface area (Å²) in [5.74, 6) is 0.593. The first-order valence-electron chi connectivity index (χ1n) is 10.1. The van der Waals surface area contributed by atoms with Gasteiger partial charge in [-0.25, -0.2) is 4.98 Å². The Hall–Kier alpha value is -2.18. The van der Waals surface area contributed by atoms with Gasteiger partial charge in [0, 0.05) is 30.6 Å². The van der Waals surface area contributed by atoms with Gasteiger partial charge in [-0.3, -0.25) is 4.79 Å². The van der Waals surface area contributed by atoms with Crippen molar-refractivity contribution >= 4 is 22.6 Å². The van der Waals surface area contributed by atoms with Crippen LogP contribution in [0.1, 0.15) is 49.4 Å². The fourth-order valence-electron chi connectivity index (χ4n) is 4.16. The molecule has 1 aliphatic heterocycles. The van der Waals surface area contributed by atoms with Gasteiger partial charge in [-0.1, -0.05) is 37.5 Å². The van der Waals surface area contributed by atoms with Crippen LogP contribution in [0.15, 0.2) is 30.3 Å². The zero-order valence-electron chi connectivity index (χ0n) is 15.9. The van der Waals surface area contributed by atoms with Crippen LogP contribution in [0.5, 0.6) is 0 Å². The number of hydrogen-bond acceptors (Lipinski definition) is 5. The molecule has 1 saturated carbocycles. The van der Waals surface area contributed by atoms with Crippen molar-refractivity contribution in [1.29, 1.82) is 0 Å². The molecular formula is C21H29N5O. The van der Waals surface area contributed by atoms with Gasteiger partial charge in [0.25, 0.3) is 5.91 Å². The van der Waals surface area contributed by atoms with E-state index in [0.29, 0.717) is 17.6 Å². The number of benzene rings is 1. The fourth-order valence-corrected chi connectivity index (χ4v) is 4.16. The molecule has 6 nitrogen and oxygen atoms in total. The zero-order chi connectivity index (χ0) is 18.8. The molecule has 0 spiro atoms. The molecule has 1 amide bonds. The largest absolute Gasteiger partial charge is 0.353 e. The first-order chi connectivity index (χ1) is 13.1. The van der Waals surface area contributed by atoms with Crippen LogP contribution in [-0.4, -0.2) is 42.2 Å². The maximum atomic E-state index is 12.7. The third kappa shape index (κ3) is 4.06. The molecule has 1 saturated heterocycles. The average Bonchev–Trinajstić information content (AvgIpc) is 2.63. The second kappa shape index (κ2) is 7.82. The Morgan fingerprint density at radius 3 is 2.67 bits per heavy atom. The van der Waals surface area contributed by atoms with Gasteiger partial charge < -0.3 is 21.3 Å².